The van der Waals surface area contributed by atoms with Gasteiger partial charge < -0.3 is 0 Å². The summed E-state index contributed by atoms with van der Waals surface area (Å²) in [4.78, 5) is 12.2. The van der Waals surface area contributed by atoms with Crippen LogP contribution in [0.25, 0.3) is 0 Å². The number of ketones is 1. The summed E-state index contributed by atoms with van der Waals surface area (Å²) in [5, 5.41) is 1.83. The Morgan fingerprint density at radius 1 is 1.25 bits per heavy atom. The van der Waals surface area contributed by atoms with Crippen LogP contribution in [0, 0.1) is 5.82 Å². The highest BCUT2D eigenvalue weighted by Gasteiger charge is 2.10. The van der Waals surface area contributed by atoms with E-state index in [9.17, 15) is 9.18 Å². The summed E-state index contributed by atoms with van der Waals surface area (Å²) >= 11 is 10.7. The molecule has 0 fully saturated rings. The first-order chi connectivity index (χ1) is 9.60. The van der Waals surface area contributed by atoms with Gasteiger partial charge in [-0.25, -0.2) is 4.39 Å². The molecule has 0 saturated heterocycles. The molecule has 0 aromatic heterocycles. The van der Waals surface area contributed by atoms with Crippen molar-refractivity contribution in [2.24, 2.45) is 0 Å². The molecule has 0 heterocycles. The van der Waals surface area contributed by atoms with Gasteiger partial charge >= 0.3 is 0 Å². The average molecular weight is 307 g/mol. The first kappa shape index (κ1) is 14.8. The fraction of sp³-hybridized carbons (Fsp3) is 0.125. The number of halogens is 2. The van der Waals surface area contributed by atoms with Crippen molar-refractivity contribution in [1.82, 2.24) is 0 Å². The van der Waals surface area contributed by atoms with Crippen LogP contribution in [0.1, 0.15) is 27.9 Å². The maximum atomic E-state index is 13.2. The maximum absolute atomic E-state index is 13.2. The number of benzene rings is 2. The zero-order valence-corrected chi connectivity index (χ0v) is 12.2. The number of hydrogen-bond donors (Lipinski definition) is 0. The molecular weight excluding hydrogens is 295 g/mol. The summed E-state index contributed by atoms with van der Waals surface area (Å²) in [6.07, 6.45) is 0.738. The van der Waals surface area contributed by atoms with Gasteiger partial charge in [0.1, 0.15) is 5.82 Å². The van der Waals surface area contributed by atoms with Crippen LogP contribution in [0.5, 0.6) is 0 Å². The normalized spacial score (nSPS) is 10.3. The summed E-state index contributed by atoms with van der Waals surface area (Å²) < 4.78 is 13.2. The van der Waals surface area contributed by atoms with Crippen molar-refractivity contribution >= 4 is 35.0 Å². The Hall–Kier alpha value is -1.58. The standard InChI is InChI=1S/C16H12ClFOS/c17-13-7-11(8-14(18)9-13)5-6-16(19)15-4-2-1-3-12(15)10-20/h1-4,7-10H,5-6H2. The van der Waals surface area contributed by atoms with E-state index < -0.39 is 0 Å². The van der Waals surface area contributed by atoms with Gasteiger partial charge in [-0.2, -0.15) is 0 Å². The third-order valence-corrected chi connectivity index (χ3v) is 3.42. The SMILES string of the molecule is O=C(CCc1cc(F)cc(Cl)c1)c1ccccc1C=S. The van der Waals surface area contributed by atoms with Crippen LogP contribution in [-0.4, -0.2) is 11.2 Å². The van der Waals surface area contributed by atoms with E-state index in [2.05, 4.69) is 0 Å². The van der Waals surface area contributed by atoms with Gasteiger partial charge in [-0.3, -0.25) is 4.79 Å². The quantitative estimate of drug-likeness (QED) is 0.591. The molecule has 20 heavy (non-hydrogen) atoms. The van der Waals surface area contributed by atoms with Crippen LogP contribution >= 0.6 is 23.8 Å². The molecule has 4 heteroatoms. The Morgan fingerprint density at radius 3 is 2.70 bits per heavy atom. The minimum atomic E-state index is -0.390. The number of aryl methyl sites for hydroxylation is 1. The molecule has 0 spiro atoms. The molecule has 0 unspecified atom stereocenters. The lowest BCUT2D eigenvalue weighted by Crippen LogP contribution is -2.04. The number of rotatable bonds is 5. The van der Waals surface area contributed by atoms with E-state index in [1.807, 2.05) is 6.07 Å². The fourth-order valence-electron chi connectivity index (χ4n) is 2.00. The third kappa shape index (κ3) is 3.71. The van der Waals surface area contributed by atoms with Gasteiger partial charge in [-0.1, -0.05) is 48.1 Å². The summed E-state index contributed by atoms with van der Waals surface area (Å²) in [6.45, 7) is 0. The molecular formula is C16H12ClFOS. The van der Waals surface area contributed by atoms with Crippen molar-refractivity contribution in [2.75, 3.05) is 0 Å². The van der Waals surface area contributed by atoms with Gasteiger partial charge in [0.25, 0.3) is 0 Å². The van der Waals surface area contributed by atoms with Crippen molar-refractivity contribution < 1.29 is 9.18 Å². The molecule has 0 N–H and O–H groups in total. The molecule has 0 aliphatic carbocycles. The lowest BCUT2D eigenvalue weighted by Gasteiger charge is -2.05. The Morgan fingerprint density at radius 2 is 2.00 bits per heavy atom. The Kier molecular flexibility index (Phi) is 4.99. The van der Waals surface area contributed by atoms with Crippen molar-refractivity contribution in [2.45, 2.75) is 12.8 Å². The molecule has 0 radical (unpaired) electrons. The zero-order valence-electron chi connectivity index (χ0n) is 10.6. The van der Waals surface area contributed by atoms with Crippen molar-refractivity contribution in [1.29, 1.82) is 0 Å². The molecule has 0 bridgehead atoms. The minimum Gasteiger partial charge on any atom is -0.294 e. The molecule has 102 valence electrons. The number of Topliss-reactive ketones (excluding diaryl/α,β-unsaturated/α-hetero) is 1. The molecule has 0 aliphatic rings. The van der Waals surface area contributed by atoms with E-state index in [4.69, 9.17) is 23.8 Å². The van der Waals surface area contributed by atoms with Gasteiger partial charge in [0.05, 0.1) is 0 Å². The highest BCUT2D eigenvalue weighted by molar-refractivity contribution is 7.79. The third-order valence-electron chi connectivity index (χ3n) is 2.95. The summed E-state index contributed by atoms with van der Waals surface area (Å²) in [6, 6.07) is 11.5. The summed E-state index contributed by atoms with van der Waals surface area (Å²) in [7, 11) is 0. The van der Waals surface area contributed by atoms with E-state index >= 15 is 0 Å². The predicted molar refractivity (Wildman–Crippen MR) is 83.3 cm³/mol. The van der Waals surface area contributed by atoms with E-state index in [0.29, 0.717) is 29.0 Å². The van der Waals surface area contributed by atoms with Crippen LogP contribution in [0.4, 0.5) is 4.39 Å². The van der Waals surface area contributed by atoms with E-state index in [-0.39, 0.29) is 11.6 Å². The molecule has 0 atom stereocenters. The van der Waals surface area contributed by atoms with Gasteiger partial charge in [0, 0.05) is 22.4 Å². The van der Waals surface area contributed by atoms with E-state index in [1.54, 1.807) is 24.3 Å². The number of thiocarbonyl (C=S) groups is 1. The maximum Gasteiger partial charge on any atom is 0.163 e. The van der Waals surface area contributed by atoms with Crippen molar-refractivity contribution in [3.8, 4) is 0 Å². The van der Waals surface area contributed by atoms with E-state index in [1.165, 1.54) is 17.5 Å². The molecule has 0 amide bonds. The Balaban J connectivity index is 2.10. The van der Waals surface area contributed by atoms with Crippen LogP contribution < -0.4 is 0 Å². The zero-order chi connectivity index (χ0) is 14.5. The van der Waals surface area contributed by atoms with Crippen molar-refractivity contribution in [3.05, 3.63) is 70.0 Å². The summed E-state index contributed by atoms with van der Waals surface area (Å²) in [5.41, 5.74) is 2.05. The van der Waals surface area contributed by atoms with Crippen LogP contribution in [-0.2, 0) is 6.42 Å². The van der Waals surface area contributed by atoms with Crippen LogP contribution in [0.15, 0.2) is 42.5 Å². The molecule has 0 saturated carbocycles. The first-order valence-corrected chi connectivity index (χ1v) is 6.97. The largest absolute Gasteiger partial charge is 0.294 e. The highest BCUT2D eigenvalue weighted by atomic mass is 35.5. The van der Waals surface area contributed by atoms with Gasteiger partial charge in [0.2, 0.25) is 0 Å². The topological polar surface area (TPSA) is 17.1 Å². The van der Waals surface area contributed by atoms with Crippen LogP contribution in [0.2, 0.25) is 5.02 Å². The second kappa shape index (κ2) is 6.73. The number of carbonyl (C=O) groups is 1. The Bertz CT molecular complexity index is 634. The molecule has 2 rings (SSSR count). The molecule has 0 aliphatic heterocycles. The molecule has 2 aromatic carbocycles. The van der Waals surface area contributed by atoms with Crippen LogP contribution in [0.3, 0.4) is 0 Å². The lowest BCUT2D eigenvalue weighted by molar-refractivity contribution is 0.0982. The predicted octanol–water partition coefficient (Wildman–Crippen LogP) is 4.64. The molecule has 2 aromatic rings. The smallest absolute Gasteiger partial charge is 0.163 e. The highest BCUT2D eigenvalue weighted by Crippen LogP contribution is 2.17. The average Bonchev–Trinajstić information content (AvgIpc) is 2.43. The lowest BCUT2D eigenvalue weighted by atomic mass is 9.99. The summed E-state index contributed by atoms with van der Waals surface area (Å²) in [5.74, 6) is -0.402. The fourth-order valence-corrected chi connectivity index (χ4v) is 2.45. The van der Waals surface area contributed by atoms with Crippen molar-refractivity contribution in [3.63, 3.8) is 0 Å². The Labute approximate surface area is 127 Å². The second-order valence-corrected chi connectivity index (χ2v) is 5.08. The van der Waals surface area contributed by atoms with Gasteiger partial charge in [-0.15, -0.1) is 0 Å². The first-order valence-electron chi connectivity index (χ1n) is 6.12. The van der Waals surface area contributed by atoms with Gasteiger partial charge in [-0.05, 0) is 35.7 Å². The monoisotopic (exact) mass is 306 g/mol. The number of hydrogen-bond acceptors (Lipinski definition) is 2. The minimum absolute atomic E-state index is 0.0120. The van der Waals surface area contributed by atoms with Gasteiger partial charge in [0.15, 0.2) is 5.78 Å². The van der Waals surface area contributed by atoms with E-state index in [0.717, 1.165) is 5.56 Å². The molecule has 1 nitrogen and oxygen atoms in total. The number of carbonyl (C=O) groups excluding carboxylic acids is 1. The second-order valence-electron chi connectivity index (χ2n) is 4.41.